The molecule has 0 saturated carbocycles. The third-order valence-corrected chi connectivity index (χ3v) is 3.71. The molecule has 2 rings (SSSR count). The molecule has 0 unspecified atom stereocenters. The predicted octanol–water partition coefficient (Wildman–Crippen LogP) is 1.67. The summed E-state index contributed by atoms with van der Waals surface area (Å²) in [6, 6.07) is 9.82. The number of hydrogen-bond acceptors (Lipinski definition) is 5. The summed E-state index contributed by atoms with van der Waals surface area (Å²) in [5.41, 5.74) is 6.05. The molecule has 0 spiro atoms. The van der Waals surface area contributed by atoms with Crippen molar-refractivity contribution in [1.82, 2.24) is 0 Å². The van der Waals surface area contributed by atoms with Gasteiger partial charge in [-0.1, -0.05) is 6.07 Å². The molecule has 0 fully saturated rings. The smallest absolute Gasteiger partial charge is 0.240 e. The Bertz CT molecular complexity index is 844. The number of rotatable bonds is 3. The number of nitriles is 1. The first-order valence-electron chi connectivity index (χ1n) is 5.71. The second-order valence-corrected chi connectivity index (χ2v) is 5.72. The average molecular weight is 306 g/mol. The van der Waals surface area contributed by atoms with Crippen LogP contribution in [0.5, 0.6) is 0 Å². The zero-order valence-corrected chi connectivity index (χ0v) is 11.5. The molecule has 0 aliphatic heterocycles. The Morgan fingerprint density at radius 2 is 1.90 bits per heavy atom. The molecule has 0 radical (unpaired) electrons. The Morgan fingerprint density at radius 1 is 1.19 bits per heavy atom. The maximum atomic E-state index is 13.8. The number of nitrogen functional groups attached to an aromatic ring is 1. The minimum absolute atomic E-state index is 0.0623. The second-order valence-electron chi connectivity index (χ2n) is 4.19. The van der Waals surface area contributed by atoms with Crippen LogP contribution in [0.1, 0.15) is 5.56 Å². The lowest BCUT2D eigenvalue weighted by Gasteiger charge is -2.12. The summed E-state index contributed by atoms with van der Waals surface area (Å²) in [5, 5.41) is 16.4. The molecule has 108 valence electrons. The third kappa shape index (κ3) is 3.10. The zero-order chi connectivity index (χ0) is 15.6. The zero-order valence-electron chi connectivity index (χ0n) is 10.7. The van der Waals surface area contributed by atoms with Crippen molar-refractivity contribution in [2.24, 2.45) is 5.14 Å². The highest BCUT2D eigenvalue weighted by Crippen LogP contribution is 2.29. The van der Waals surface area contributed by atoms with Gasteiger partial charge in [-0.05, 0) is 30.3 Å². The molecule has 0 amide bonds. The fraction of sp³-hybridized carbons (Fsp3) is 0. The summed E-state index contributed by atoms with van der Waals surface area (Å²) in [5.74, 6) is -0.658. The highest BCUT2D eigenvalue weighted by Gasteiger charge is 2.15. The molecule has 8 heteroatoms. The Kier molecular flexibility index (Phi) is 3.80. The highest BCUT2D eigenvalue weighted by molar-refractivity contribution is 7.89. The normalized spacial score (nSPS) is 10.9. The quantitative estimate of drug-likeness (QED) is 0.744. The Labute approximate surface area is 120 Å². The van der Waals surface area contributed by atoms with Crippen LogP contribution in [0.2, 0.25) is 0 Å². The number of halogens is 1. The number of para-hydroxylation sites is 1. The molecule has 0 atom stereocenters. The van der Waals surface area contributed by atoms with Crippen LogP contribution in [0.4, 0.5) is 21.5 Å². The second kappa shape index (κ2) is 5.40. The molecular weight excluding hydrogens is 295 g/mol. The van der Waals surface area contributed by atoms with Crippen LogP contribution in [-0.4, -0.2) is 8.42 Å². The molecule has 0 saturated heterocycles. The maximum Gasteiger partial charge on any atom is 0.240 e. The fourth-order valence-corrected chi connectivity index (χ4v) is 2.42. The monoisotopic (exact) mass is 306 g/mol. The van der Waals surface area contributed by atoms with Crippen molar-refractivity contribution in [3.63, 3.8) is 0 Å². The number of sulfonamides is 1. The minimum atomic E-state index is -3.97. The third-order valence-electron chi connectivity index (χ3n) is 2.74. The largest absolute Gasteiger partial charge is 0.396 e. The summed E-state index contributed by atoms with van der Waals surface area (Å²) in [6.07, 6.45) is 0. The van der Waals surface area contributed by atoms with Crippen molar-refractivity contribution in [1.29, 1.82) is 5.26 Å². The van der Waals surface area contributed by atoms with Crippen molar-refractivity contribution in [3.05, 3.63) is 47.8 Å². The van der Waals surface area contributed by atoms with Gasteiger partial charge in [-0.25, -0.2) is 17.9 Å². The standard InChI is InChI=1S/C13H11FN4O2S/c14-9-6-8(7-15)4-5-10(9)18-11-2-1-3-12(13(11)16)21(17,19)20/h1-6,18H,16H2,(H2,17,19,20). The minimum Gasteiger partial charge on any atom is -0.396 e. The molecular formula is C13H11FN4O2S. The Morgan fingerprint density at radius 3 is 2.48 bits per heavy atom. The number of nitrogens with one attached hydrogen (secondary N) is 1. The molecule has 6 nitrogen and oxygen atoms in total. The van der Waals surface area contributed by atoms with E-state index in [1.165, 1.54) is 30.3 Å². The first-order valence-corrected chi connectivity index (χ1v) is 7.25. The molecule has 5 N–H and O–H groups in total. The van der Waals surface area contributed by atoms with Gasteiger partial charge >= 0.3 is 0 Å². The Hall–Kier alpha value is -2.63. The molecule has 21 heavy (non-hydrogen) atoms. The van der Waals surface area contributed by atoms with Gasteiger partial charge in [-0.15, -0.1) is 0 Å². The summed E-state index contributed by atoms with van der Waals surface area (Å²) in [4.78, 5) is -0.249. The molecule has 0 bridgehead atoms. The van der Waals surface area contributed by atoms with Crippen molar-refractivity contribution >= 4 is 27.1 Å². The summed E-state index contributed by atoms with van der Waals surface area (Å²) in [6.45, 7) is 0. The van der Waals surface area contributed by atoms with E-state index in [1.54, 1.807) is 0 Å². The number of nitrogens with two attached hydrogens (primary N) is 2. The first-order chi connectivity index (χ1) is 9.82. The van der Waals surface area contributed by atoms with Gasteiger partial charge in [0.25, 0.3) is 0 Å². The average Bonchev–Trinajstić information content (AvgIpc) is 2.41. The SMILES string of the molecule is N#Cc1ccc(Nc2cccc(S(N)(=O)=O)c2N)c(F)c1. The van der Waals surface area contributed by atoms with Crippen LogP contribution in [-0.2, 0) is 10.0 Å². The van der Waals surface area contributed by atoms with Crippen LogP contribution < -0.4 is 16.2 Å². The van der Waals surface area contributed by atoms with E-state index in [2.05, 4.69) is 5.32 Å². The van der Waals surface area contributed by atoms with Crippen LogP contribution in [0, 0.1) is 17.1 Å². The lowest BCUT2D eigenvalue weighted by atomic mass is 10.2. The van der Waals surface area contributed by atoms with Crippen molar-refractivity contribution < 1.29 is 12.8 Å². The first kappa shape index (κ1) is 14.8. The molecule has 0 aromatic heterocycles. The predicted molar refractivity (Wildman–Crippen MR) is 76.6 cm³/mol. The van der Waals surface area contributed by atoms with E-state index >= 15 is 0 Å². The van der Waals surface area contributed by atoms with Crippen LogP contribution in [0.3, 0.4) is 0 Å². The van der Waals surface area contributed by atoms with Crippen molar-refractivity contribution in [2.45, 2.75) is 4.90 Å². The topological polar surface area (TPSA) is 122 Å². The van der Waals surface area contributed by atoms with Gasteiger partial charge in [0.1, 0.15) is 10.7 Å². The Balaban J connectivity index is 2.44. The van der Waals surface area contributed by atoms with Gasteiger partial charge in [0, 0.05) is 0 Å². The lowest BCUT2D eigenvalue weighted by molar-refractivity contribution is 0.598. The van der Waals surface area contributed by atoms with E-state index in [9.17, 15) is 12.8 Å². The van der Waals surface area contributed by atoms with E-state index in [-0.39, 0.29) is 27.5 Å². The van der Waals surface area contributed by atoms with Gasteiger partial charge in [-0.3, -0.25) is 0 Å². The van der Waals surface area contributed by atoms with Crippen LogP contribution in [0.25, 0.3) is 0 Å². The molecule has 2 aromatic carbocycles. The number of primary sulfonamides is 1. The number of benzene rings is 2. The van der Waals surface area contributed by atoms with E-state index in [0.717, 1.165) is 6.07 Å². The molecule has 0 aliphatic rings. The molecule has 0 aliphatic carbocycles. The van der Waals surface area contributed by atoms with Gasteiger partial charge in [0.15, 0.2) is 0 Å². The van der Waals surface area contributed by atoms with Gasteiger partial charge < -0.3 is 11.1 Å². The van der Waals surface area contributed by atoms with Crippen LogP contribution >= 0.6 is 0 Å². The van der Waals surface area contributed by atoms with Gasteiger partial charge in [0.05, 0.1) is 28.7 Å². The molecule has 0 heterocycles. The highest BCUT2D eigenvalue weighted by atomic mass is 32.2. The van der Waals surface area contributed by atoms with E-state index in [1.807, 2.05) is 6.07 Å². The number of nitrogens with zero attached hydrogens (tertiary/aromatic N) is 1. The molecule has 2 aromatic rings. The lowest BCUT2D eigenvalue weighted by Crippen LogP contribution is -2.15. The van der Waals surface area contributed by atoms with Crippen molar-refractivity contribution in [2.75, 3.05) is 11.1 Å². The van der Waals surface area contributed by atoms with Gasteiger partial charge in [-0.2, -0.15) is 5.26 Å². The fourth-order valence-electron chi connectivity index (χ4n) is 1.73. The summed E-state index contributed by atoms with van der Waals surface area (Å²) < 4.78 is 36.5. The van der Waals surface area contributed by atoms with E-state index in [0.29, 0.717) is 0 Å². The summed E-state index contributed by atoms with van der Waals surface area (Å²) in [7, 11) is -3.97. The van der Waals surface area contributed by atoms with Gasteiger partial charge in [0.2, 0.25) is 10.0 Å². The van der Waals surface area contributed by atoms with Crippen LogP contribution in [0.15, 0.2) is 41.3 Å². The van der Waals surface area contributed by atoms with E-state index < -0.39 is 15.8 Å². The van der Waals surface area contributed by atoms with Crippen molar-refractivity contribution in [3.8, 4) is 6.07 Å². The van der Waals surface area contributed by atoms with E-state index in [4.69, 9.17) is 16.1 Å². The number of anilines is 3. The number of hydrogen-bond donors (Lipinski definition) is 3. The maximum absolute atomic E-state index is 13.8. The summed E-state index contributed by atoms with van der Waals surface area (Å²) >= 11 is 0.